The van der Waals surface area contributed by atoms with Crippen molar-refractivity contribution in [1.29, 1.82) is 0 Å². The second kappa shape index (κ2) is 12.7. The number of rotatable bonds is 9. The highest BCUT2D eigenvalue weighted by atomic mass is 32.2. The van der Waals surface area contributed by atoms with Crippen LogP contribution in [0.4, 0.5) is 11.4 Å². The van der Waals surface area contributed by atoms with Crippen LogP contribution in [0.1, 0.15) is 44.7 Å². The number of hydrogen-bond donors (Lipinski definition) is 2. The molecule has 0 radical (unpaired) electrons. The Hall–Kier alpha value is -4.96. The Morgan fingerprint density at radius 3 is 2.12 bits per heavy atom. The van der Waals surface area contributed by atoms with Crippen LogP contribution in [-0.4, -0.2) is 26.3 Å². The Labute approximate surface area is 244 Å². The fraction of sp³-hybridized carbons (Fsp3) is 0.156. The van der Waals surface area contributed by atoms with E-state index in [1.165, 1.54) is 44.2 Å². The minimum Gasteiger partial charge on any atom is -0.423 e. The number of amides is 1. The van der Waals surface area contributed by atoms with E-state index in [2.05, 4.69) is 10.0 Å². The minimum absolute atomic E-state index is 0.0349. The summed E-state index contributed by atoms with van der Waals surface area (Å²) in [6, 6.07) is 21.7. The highest BCUT2D eigenvalue weighted by Gasteiger charge is 2.20. The molecule has 0 unspecified atom stereocenters. The number of para-hydroxylation sites is 1. The van der Waals surface area contributed by atoms with E-state index >= 15 is 0 Å². The Balaban J connectivity index is 1.59. The fourth-order valence-corrected chi connectivity index (χ4v) is 5.68. The molecule has 1 amide bonds. The summed E-state index contributed by atoms with van der Waals surface area (Å²) in [5, 5.41) is 3.79. The summed E-state index contributed by atoms with van der Waals surface area (Å²) in [7, 11) is -3.96. The molecule has 9 nitrogen and oxygen atoms in total. The van der Waals surface area contributed by atoms with Crippen LogP contribution in [0.5, 0.6) is 11.5 Å². The van der Waals surface area contributed by atoms with Crippen molar-refractivity contribution in [2.24, 2.45) is 0 Å². The lowest BCUT2D eigenvalue weighted by Crippen LogP contribution is -2.15. The summed E-state index contributed by atoms with van der Waals surface area (Å²) in [6.07, 6.45) is 2.78. The molecule has 0 aliphatic carbocycles. The van der Waals surface area contributed by atoms with Gasteiger partial charge in [-0.15, -0.1) is 0 Å². The highest BCUT2D eigenvalue weighted by molar-refractivity contribution is 7.93. The van der Waals surface area contributed by atoms with E-state index in [1.54, 1.807) is 48.5 Å². The van der Waals surface area contributed by atoms with Gasteiger partial charge in [0.05, 0.1) is 10.6 Å². The summed E-state index contributed by atoms with van der Waals surface area (Å²) in [6.45, 7) is 6.43. The largest absolute Gasteiger partial charge is 0.423 e. The van der Waals surface area contributed by atoms with E-state index < -0.39 is 27.9 Å². The molecular formula is C32H30N2O7S. The molecule has 4 rings (SSSR count). The van der Waals surface area contributed by atoms with Gasteiger partial charge < -0.3 is 14.8 Å². The second-order valence-electron chi connectivity index (χ2n) is 9.72. The van der Waals surface area contributed by atoms with Crippen LogP contribution in [0, 0.1) is 0 Å². The molecule has 0 heterocycles. The molecule has 216 valence electrons. The van der Waals surface area contributed by atoms with Crippen molar-refractivity contribution >= 4 is 56.1 Å². The zero-order valence-corrected chi connectivity index (χ0v) is 24.3. The van der Waals surface area contributed by atoms with Crippen LogP contribution in [0.2, 0.25) is 0 Å². The van der Waals surface area contributed by atoms with Gasteiger partial charge >= 0.3 is 11.9 Å². The third kappa shape index (κ3) is 7.21. The molecule has 0 saturated carbocycles. The SMILES string of the molecule is CC(=O)Oc1ccc(/C=C/C(=O)Nc2cccc3c(S(=O)(=O)Nc4ccccc4C(C)C)cccc23)cc1OC(C)=O. The van der Waals surface area contributed by atoms with Gasteiger partial charge in [0.25, 0.3) is 10.0 Å². The molecule has 0 fully saturated rings. The zero-order valence-electron chi connectivity index (χ0n) is 23.5. The van der Waals surface area contributed by atoms with Crippen LogP contribution in [-0.2, 0) is 24.4 Å². The Morgan fingerprint density at radius 1 is 0.762 bits per heavy atom. The number of ether oxygens (including phenoxy) is 2. The molecule has 42 heavy (non-hydrogen) atoms. The van der Waals surface area contributed by atoms with Gasteiger partial charge in [-0.3, -0.25) is 19.1 Å². The van der Waals surface area contributed by atoms with Crippen molar-refractivity contribution in [3.63, 3.8) is 0 Å². The lowest BCUT2D eigenvalue weighted by atomic mass is 10.0. The Bertz CT molecular complexity index is 1810. The van der Waals surface area contributed by atoms with E-state index in [9.17, 15) is 22.8 Å². The standard InChI is InChI=1S/C32H30N2O7S/c1-20(2)24-9-5-6-12-28(24)34-42(38,39)31-14-8-10-25-26(31)11-7-13-27(25)33-32(37)18-16-23-15-17-29(40-21(3)35)30(19-23)41-22(4)36/h5-20,34H,1-4H3,(H,33,37)/b18-16+. The van der Waals surface area contributed by atoms with E-state index in [-0.39, 0.29) is 22.3 Å². The molecule has 2 N–H and O–H groups in total. The summed E-state index contributed by atoms with van der Waals surface area (Å²) < 4.78 is 39.9. The van der Waals surface area contributed by atoms with E-state index in [0.717, 1.165) is 5.56 Å². The summed E-state index contributed by atoms with van der Waals surface area (Å²) in [5.74, 6) is -1.42. The topological polar surface area (TPSA) is 128 Å². The first-order chi connectivity index (χ1) is 19.9. The van der Waals surface area contributed by atoms with Crippen LogP contribution in [0.15, 0.2) is 89.8 Å². The fourth-order valence-electron chi connectivity index (χ4n) is 4.37. The van der Waals surface area contributed by atoms with E-state index in [4.69, 9.17) is 9.47 Å². The van der Waals surface area contributed by atoms with Crippen molar-refractivity contribution in [2.45, 2.75) is 38.5 Å². The molecule has 4 aromatic rings. The summed E-state index contributed by atoms with van der Waals surface area (Å²) in [4.78, 5) is 35.7. The van der Waals surface area contributed by atoms with Crippen molar-refractivity contribution in [1.82, 2.24) is 0 Å². The summed E-state index contributed by atoms with van der Waals surface area (Å²) in [5.41, 5.74) is 2.32. The van der Waals surface area contributed by atoms with Crippen molar-refractivity contribution in [3.8, 4) is 11.5 Å². The monoisotopic (exact) mass is 586 g/mol. The number of nitrogens with one attached hydrogen (secondary N) is 2. The molecule has 0 bridgehead atoms. The molecule has 0 aliphatic heterocycles. The molecule has 0 aromatic heterocycles. The first-order valence-corrected chi connectivity index (χ1v) is 14.6. The second-order valence-corrected chi connectivity index (χ2v) is 11.4. The summed E-state index contributed by atoms with van der Waals surface area (Å²) >= 11 is 0. The van der Waals surface area contributed by atoms with Gasteiger partial charge in [0.2, 0.25) is 5.91 Å². The van der Waals surface area contributed by atoms with Crippen LogP contribution in [0.3, 0.4) is 0 Å². The number of benzene rings is 4. The van der Waals surface area contributed by atoms with Crippen LogP contribution < -0.4 is 19.5 Å². The number of carbonyl (C=O) groups excluding carboxylic acids is 3. The third-order valence-corrected chi connectivity index (χ3v) is 7.58. The number of sulfonamides is 1. The molecule has 0 saturated heterocycles. The zero-order chi connectivity index (χ0) is 30.4. The van der Waals surface area contributed by atoms with Crippen molar-refractivity contribution < 1.29 is 32.3 Å². The number of esters is 2. The predicted octanol–water partition coefficient (Wildman–Crippen LogP) is 6.27. The Kier molecular flexibility index (Phi) is 9.07. The van der Waals surface area contributed by atoms with Gasteiger partial charge in [0.1, 0.15) is 0 Å². The number of anilines is 2. The highest BCUT2D eigenvalue weighted by Crippen LogP contribution is 2.32. The maximum Gasteiger partial charge on any atom is 0.308 e. The van der Waals surface area contributed by atoms with Gasteiger partial charge in [0, 0.05) is 36.4 Å². The minimum atomic E-state index is -3.96. The van der Waals surface area contributed by atoms with E-state index in [0.29, 0.717) is 27.7 Å². The molecule has 0 aliphatic rings. The van der Waals surface area contributed by atoms with Crippen molar-refractivity contribution in [2.75, 3.05) is 10.0 Å². The average Bonchev–Trinajstić information content (AvgIpc) is 2.92. The molecular weight excluding hydrogens is 556 g/mol. The van der Waals surface area contributed by atoms with Crippen LogP contribution in [0.25, 0.3) is 16.8 Å². The molecule has 0 atom stereocenters. The number of fused-ring (bicyclic) bond motifs is 1. The van der Waals surface area contributed by atoms with Gasteiger partial charge in [-0.2, -0.15) is 0 Å². The molecule has 10 heteroatoms. The predicted molar refractivity (Wildman–Crippen MR) is 162 cm³/mol. The van der Waals surface area contributed by atoms with Gasteiger partial charge in [-0.25, -0.2) is 8.42 Å². The third-order valence-electron chi connectivity index (χ3n) is 6.16. The number of carbonyl (C=O) groups is 3. The van der Waals surface area contributed by atoms with E-state index in [1.807, 2.05) is 26.0 Å². The maximum absolute atomic E-state index is 13.5. The Morgan fingerprint density at radius 2 is 1.40 bits per heavy atom. The van der Waals surface area contributed by atoms with Crippen molar-refractivity contribution in [3.05, 3.63) is 96.1 Å². The number of hydrogen-bond acceptors (Lipinski definition) is 7. The lowest BCUT2D eigenvalue weighted by Gasteiger charge is -2.16. The molecule has 0 spiro atoms. The quantitative estimate of drug-likeness (QED) is 0.134. The smallest absolute Gasteiger partial charge is 0.308 e. The average molecular weight is 587 g/mol. The van der Waals surface area contributed by atoms with Gasteiger partial charge in [0.15, 0.2) is 11.5 Å². The normalized spacial score (nSPS) is 11.5. The lowest BCUT2D eigenvalue weighted by molar-refractivity contribution is -0.134. The van der Waals surface area contributed by atoms with Gasteiger partial charge in [-0.05, 0) is 53.5 Å². The first-order valence-electron chi connectivity index (χ1n) is 13.1. The molecule has 4 aromatic carbocycles. The first kappa shape index (κ1) is 30.0. The maximum atomic E-state index is 13.5. The van der Waals surface area contributed by atoms with Crippen LogP contribution >= 0.6 is 0 Å². The van der Waals surface area contributed by atoms with Gasteiger partial charge in [-0.1, -0.05) is 62.4 Å².